The highest BCUT2D eigenvalue weighted by atomic mass is 35.5. The van der Waals surface area contributed by atoms with Crippen molar-refractivity contribution in [3.05, 3.63) is 58.7 Å². The highest BCUT2D eigenvalue weighted by Crippen LogP contribution is 2.37. The number of hydrogen-bond acceptors (Lipinski definition) is 4. The lowest BCUT2D eigenvalue weighted by atomic mass is 10.1. The Bertz CT molecular complexity index is 1200. The molecule has 0 aliphatic carbocycles. The molecule has 1 aliphatic rings. The lowest BCUT2D eigenvalue weighted by Crippen LogP contribution is -2.48. The minimum atomic E-state index is -3.89. The molecular formula is C19H17Cl2N3O4S. The Morgan fingerprint density at radius 3 is 2.34 bits per heavy atom. The number of benzene rings is 2. The Balaban J connectivity index is 1.78. The molecule has 0 saturated carbocycles. The third-order valence-electron chi connectivity index (χ3n) is 4.97. The topological polar surface area (TPSA) is 82.8 Å². The number of carbonyl (C=O) groups is 1. The van der Waals surface area contributed by atoms with Gasteiger partial charge < -0.3 is 14.9 Å². The van der Waals surface area contributed by atoms with Gasteiger partial charge in [0, 0.05) is 48.5 Å². The molecule has 7 nitrogen and oxygen atoms in total. The minimum Gasteiger partial charge on any atom is -0.465 e. The van der Waals surface area contributed by atoms with Gasteiger partial charge in [0.25, 0.3) is 10.0 Å². The van der Waals surface area contributed by atoms with E-state index in [-0.39, 0.29) is 4.90 Å². The zero-order chi connectivity index (χ0) is 20.8. The van der Waals surface area contributed by atoms with Crippen LogP contribution in [0.25, 0.3) is 10.9 Å². The van der Waals surface area contributed by atoms with E-state index >= 15 is 0 Å². The zero-order valence-corrected chi connectivity index (χ0v) is 17.5. The molecule has 0 radical (unpaired) electrons. The molecule has 3 aromatic rings. The first-order valence-electron chi connectivity index (χ1n) is 8.82. The van der Waals surface area contributed by atoms with Gasteiger partial charge in [0.2, 0.25) is 0 Å². The normalized spacial score (nSPS) is 15.1. The summed E-state index contributed by atoms with van der Waals surface area (Å²) in [7, 11) is -3.89. The third-order valence-corrected chi connectivity index (χ3v) is 7.16. The van der Waals surface area contributed by atoms with Crippen LogP contribution in [0.3, 0.4) is 0 Å². The Morgan fingerprint density at radius 2 is 1.69 bits per heavy atom. The molecular weight excluding hydrogens is 437 g/mol. The third kappa shape index (κ3) is 3.52. The summed E-state index contributed by atoms with van der Waals surface area (Å²) in [6.07, 6.45) is 0.444. The molecule has 1 aromatic heterocycles. The summed E-state index contributed by atoms with van der Waals surface area (Å²) in [5, 5.41) is 10.4. The summed E-state index contributed by atoms with van der Waals surface area (Å²) < 4.78 is 27.5. The van der Waals surface area contributed by atoms with Crippen LogP contribution in [0.15, 0.2) is 53.6 Å². The fourth-order valence-electron chi connectivity index (χ4n) is 3.54. The van der Waals surface area contributed by atoms with Gasteiger partial charge in [-0.1, -0.05) is 35.3 Å². The van der Waals surface area contributed by atoms with Gasteiger partial charge in [0.1, 0.15) is 0 Å². The molecule has 0 spiro atoms. The van der Waals surface area contributed by atoms with Gasteiger partial charge in [-0.05, 0) is 30.3 Å². The van der Waals surface area contributed by atoms with Crippen LogP contribution in [0.1, 0.15) is 0 Å². The highest BCUT2D eigenvalue weighted by molar-refractivity contribution is 7.90. The Morgan fingerprint density at radius 1 is 1.00 bits per heavy atom. The SMILES string of the molecule is O=C(O)N1CCN(c2cccc3c2c(Cl)cn3S(=O)(=O)c2cccc(Cl)c2)CC1. The summed E-state index contributed by atoms with van der Waals surface area (Å²) in [6.45, 7) is 1.72. The second-order valence-corrected chi connectivity index (χ2v) is 9.32. The molecule has 1 amide bonds. The lowest BCUT2D eigenvalue weighted by Gasteiger charge is -2.35. The van der Waals surface area contributed by atoms with Crippen molar-refractivity contribution in [1.82, 2.24) is 8.87 Å². The van der Waals surface area contributed by atoms with Gasteiger partial charge in [-0.15, -0.1) is 0 Å². The molecule has 1 saturated heterocycles. The van der Waals surface area contributed by atoms with E-state index in [1.807, 2.05) is 11.0 Å². The van der Waals surface area contributed by atoms with Crippen LogP contribution in [0, 0.1) is 0 Å². The quantitative estimate of drug-likeness (QED) is 0.648. The van der Waals surface area contributed by atoms with Crippen LogP contribution in [0.2, 0.25) is 10.0 Å². The van der Waals surface area contributed by atoms with Gasteiger partial charge in [0.05, 0.1) is 15.4 Å². The first-order valence-corrected chi connectivity index (χ1v) is 11.0. The predicted molar refractivity (Wildman–Crippen MR) is 113 cm³/mol. The predicted octanol–water partition coefficient (Wildman–Crippen LogP) is 3.99. The molecule has 2 heterocycles. The number of anilines is 1. The van der Waals surface area contributed by atoms with Crippen molar-refractivity contribution in [2.24, 2.45) is 0 Å². The summed E-state index contributed by atoms with van der Waals surface area (Å²) in [5.41, 5.74) is 1.23. The maximum atomic E-state index is 13.2. The van der Waals surface area contributed by atoms with Crippen LogP contribution in [0.5, 0.6) is 0 Å². The second-order valence-electron chi connectivity index (χ2n) is 6.66. The molecule has 2 aromatic carbocycles. The Kier molecular flexibility index (Phi) is 5.10. The summed E-state index contributed by atoms with van der Waals surface area (Å²) in [6, 6.07) is 11.4. The van der Waals surface area contributed by atoms with E-state index in [2.05, 4.69) is 0 Å². The molecule has 0 atom stereocenters. The first kappa shape index (κ1) is 19.9. The van der Waals surface area contributed by atoms with Gasteiger partial charge >= 0.3 is 6.09 Å². The van der Waals surface area contributed by atoms with E-state index in [0.29, 0.717) is 47.1 Å². The Hall–Kier alpha value is -2.42. The fraction of sp³-hybridized carbons (Fsp3) is 0.211. The maximum Gasteiger partial charge on any atom is 0.407 e. The highest BCUT2D eigenvalue weighted by Gasteiger charge is 2.26. The Labute approximate surface area is 177 Å². The molecule has 0 bridgehead atoms. The molecule has 29 heavy (non-hydrogen) atoms. The maximum absolute atomic E-state index is 13.2. The van der Waals surface area contributed by atoms with E-state index in [4.69, 9.17) is 28.3 Å². The largest absolute Gasteiger partial charge is 0.465 e. The number of rotatable bonds is 3. The molecule has 4 rings (SSSR count). The smallest absolute Gasteiger partial charge is 0.407 e. The zero-order valence-electron chi connectivity index (χ0n) is 15.1. The summed E-state index contributed by atoms with van der Waals surface area (Å²) in [5.74, 6) is 0. The van der Waals surface area contributed by atoms with Crippen LogP contribution in [0.4, 0.5) is 10.5 Å². The van der Waals surface area contributed by atoms with Gasteiger partial charge in [-0.2, -0.15) is 0 Å². The van der Waals surface area contributed by atoms with Crippen LogP contribution >= 0.6 is 23.2 Å². The van der Waals surface area contributed by atoms with Crippen molar-refractivity contribution in [2.75, 3.05) is 31.1 Å². The fourth-order valence-corrected chi connectivity index (χ4v) is 5.55. The van der Waals surface area contributed by atoms with Gasteiger partial charge in [-0.25, -0.2) is 17.2 Å². The van der Waals surface area contributed by atoms with Crippen molar-refractivity contribution in [1.29, 1.82) is 0 Å². The van der Waals surface area contributed by atoms with E-state index in [9.17, 15) is 13.2 Å². The number of fused-ring (bicyclic) bond motifs is 1. The number of nitrogens with zero attached hydrogens (tertiary/aromatic N) is 3. The van der Waals surface area contributed by atoms with E-state index in [1.54, 1.807) is 24.3 Å². The van der Waals surface area contributed by atoms with Crippen molar-refractivity contribution >= 4 is 55.9 Å². The molecule has 1 aliphatic heterocycles. The number of amides is 1. The summed E-state index contributed by atoms with van der Waals surface area (Å²) in [4.78, 5) is 14.6. The molecule has 1 N–H and O–H groups in total. The van der Waals surface area contributed by atoms with E-state index in [0.717, 1.165) is 9.66 Å². The monoisotopic (exact) mass is 453 g/mol. The van der Waals surface area contributed by atoms with E-state index < -0.39 is 16.1 Å². The number of hydrogen-bond donors (Lipinski definition) is 1. The first-order chi connectivity index (χ1) is 13.8. The second kappa shape index (κ2) is 7.44. The average molecular weight is 454 g/mol. The number of halogens is 2. The average Bonchev–Trinajstić information content (AvgIpc) is 3.06. The van der Waals surface area contributed by atoms with E-state index in [1.165, 1.54) is 23.2 Å². The van der Waals surface area contributed by atoms with Crippen molar-refractivity contribution < 1.29 is 18.3 Å². The van der Waals surface area contributed by atoms with Gasteiger partial charge in [-0.3, -0.25) is 0 Å². The molecule has 152 valence electrons. The number of aromatic nitrogens is 1. The molecule has 1 fully saturated rings. The van der Waals surface area contributed by atoms with Crippen molar-refractivity contribution in [2.45, 2.75) is 4.90 Å². The number of carboxylic acid groups (broad SMARTS) is 1. The summed E-state index contributed by atoms with van der Waals surface area (Å²) >= 11 is 12.4. The molecule has 0 unspecified atom stereocenters. The van der Waals surface area contributed by atoms with Crippen LogP contribution in [-0.2, 0) is 10.0 Å². The molecule has 10 heteroatoms. The minimum absolute atomic E-state index is 0.0686. The van der Waals surface area contributed by atoms with Crippen LogP contribution in [-0.4, -0.2) is 54.7 Å². The van der Waals surface area contributed by atoms with Crippen molar-refractivity contribution in [3.8, 4) is 0 Å². The van der Waals surface area contributed by atoms with Gasteiger partial charge in [0.15, 0.2) is 0 Å². The number of piperazine rings is 1. The van der Waals surface area contributed by atoms with Crippen molar-refractivity contribution in [3.63, 3.8) is 0 Å². The van der Waals surface area contributed by atoms with Crippen LogP contribution < -0.4 is 4.90 Å². The standard InChI is InChI=1S/C19H17Cl2N3O4S/c20-13-3-1-4-14(11-13)29(27,28)24-12-15(21)18-16(5-2-6-17(18)24)22-7-9-23(10-8-22)19(25)26/h1-6,11-12H,7-10H2,(H,25,26). The lowest BCUT2D eigenvalue weighted by molar-refractivity contribution is 0.142.